The Labute approximate surface area is 88.2 Å². The minimum Gasteiger partial charge on any atom is -0.329 e. The molecule has 84 valence electrons. The summed E-state index contributed by atoms with van der Waals surface area (Å²) in [6, 6.07) is 0. The van der Waals surface area contributed by atoms with Crippen molar-refractivity contribution in [2.75, 3.05) is 46.8 Å². The number of nitrogens with zero attached hydrogens (tertiary/aromatic N) is 2. The van der Waals surface area contributed by atoms with Crippen molar-refractivity contribution in [3.63, 3.8) is 0 Å². The lowest BCUT2D eigenvalue weighted by Crippen LogP contribution is -2.36. The standard InChI is InChI=1S/C11H25N3/c1-13(2)9-11-5-3-4-7-14(10-11)8-6-12/h11H,3-10,12H2,1-2H3. The number of nitrogens with two attached hydrogens (primary N) is 1. The van der Waals surface area contributed by atoms with Gasteiger partial charge in [-0.2, -0.15) is 0 Å². The van der Waals surface area contributed by atoms with Crippen molar-refractivity contribution in [3.8, 4) is 0 Å². The van der Waals surface area contributed by atoms with Crippen LogP contribution < -0.4 is 5.73 Å². The lowest BCUT2D eigenvalue weighted by molar-refractivity contribution is 0.222. The summed E-state index contributed by atoms with van der Waals surface area (Å²) in [5.74, 6) is 0.846. The van der Waals surface area contributed by atoms with Crippen molar-refractivity contribution < 1.29 is 0 Å². The fourth-order valence-electron chi connectivity index (χ4n) is 2.37. The van der Waals surface area contributed by atoms with Gasteiger partial charge in [0.15, 0.2) is 0 Å². The van der Waals surface area contributed by atoms with E-state index in [1.54, 1.807) is 0 Å². The van der Waals surface area contributed by atoms with Crippen molar-refractivity contribution >= 4 is 0 Å². The van der Waals surface area contributed by atoms with Gasteiger partial charge in [-0.15, -0.1) is 0 Å². The quantitative estimate of drug-likeness (QED) is 0.720. The van der Waals surface area contributed by atoms with Crippen molar-refractivity contribution in [2.45, 2.75) is 19.3 Å². The van der Waals surface area contributed by atoms with Crippen LogP contribution in [0.3, 0.4) is 0 Å². The van der Waals surface area contributed by atoms with Crippen LogP contribution in [-0.4, -0.2) is 56.6 Å². The van der Waals surface area contributed by atoms with Crippen molar-refractivity contribution in [3.05, 3.63) is 0 Å². The van der Waals surface area contributed by atoms with Crippen molar-refractivity contribution in [2.24, 2.45) is 11.7 Å². The van der Waals surface area contributed by atoms with Crippen LogP contribution in [0.15, 0.2) is 0 Å². The highest BCUT2D eigenvalue weighted by molar-refractivity contribution is 4.72. The smallest absolute Gasteiger partial charge is 0.0105 e. The lowest BCUT2D eigenvalue weighted by atomic mass is 10.0. The molecular weight excluding hydrogens is 174 g/mol. The summed E-state index contributed by atoms with van der Waals surface area (Å²) in [6.45, 7) is 5.59. The molecule has 1 saturated heterocycles. The van der Waals surface area contributed by atoms with Gasteiger partial charge in [0.05, 0.1) is 0 Å². The Morgan fingerprint density at radius 2 is 2.14 bits per heavy atom. The predicted octanol–water partition coefficient (Wildman–Crippen LogP) is 0.609. The van der Waals surface area contributed by atoms with E-state index < -0.39 is 0 Å². The van der Waals surface area contributed by atoms with E-state index in [2.05, 4.69) is 23.9 Å². The number of hydrogen-bond donors (Lipinski definition) is 1. The van der Waals surface area contributed by atoms with Crippen LogP contribution in [0, 0.1) is 5.92 Å². The first kappa shape index (κ1) is 12.0. The number of likely N-dealkylation sites (tertiary alicyclic amines) is 1. The predicted molar refractivity (Wildman–Crippen MR) is 61.4 cm³/mol. The fourth-order valence-corrected chi connectivity index (χ4v) is 2.37. The van der Waals surface area contributed by atoms with Crippen LogP contribution in [0.25, 0.3) is 0 Å². The van der Waals surface area contributed by atoms with Gasteiger partial charge in [0.25, 0.3) is 0 Å². The summed E-state index contributed by atoms with van der Waals surface area (Å²) in [5, 5.41) is 0. The topological polar surface area (TPSA) is 32.5 Å². The van der Waals surface area contributed by atoms with Gasteiger partial charge in [0.2, 0.25) is 0 Å². The molecule has 0 saturated carbocycles. The lowest BCUT2D eigenvalue weighted by Gasteiger charge is -2.25. The third-order valence-electron chi connectivity index (χ3n) is 2.92. The molecule has 3 nitrogen and oxygen atoms in total. The highest BCUT2D eigenvalue weighted by atomic mass is 15.1. The van der Waals surface area contributed by atoms with E-state index in [4.69, 9.17) is 5.73 Å². The average Bonchev–Trinajstić information content (AvgIpc) is 2.30. The fraction of sp³-hybridized carbons (Fsp3) is 1.00. The molecule has 1 fully saturated rings. The summed E-state index contributed by atoms with van der Waals surface area (Å²) in [7, 11) is 4.33. The van der Waals surface area contributed by atoms with Gasteiger partial charge in [0.1, 0.15) is 0 Å². The molecule has 0 aromatic rings. The van der Waals surface area contributed by atoms with Gasteiger partial charge in [-0.1, -0.05) is 6.42 Å². The molecule has 1 aliphatic rings. The molecule has 2 N–H and O–H groups in total. The summed E-state index contributed by atoms with van der Waals surface area (Å²) >= 11 is 0. The third kappa shape index (κ3) is 4.40. The van der Waals surface area contributed by atoms with Gasteiger partial charge < -0.3 is 15.5 Å². The molecule has 1 unspecified atom stereocenters. The second-order valence-corrected chi connectivity index (χ2v) is 4.71. The molecule has 14 heavy (non-hydrogen) atoms. The van der Waals surface area contributed by atoms with E-state index in [0.717, 1.165) is 19.0 Å². The molecule has 1 rings (SSSR count). The molecule has 1 aliphatic heterocycles. The van der Waals surface area contributed by atoms with Gasteiger partial charge in [-0.05, 0) is 39.4 Å². The van der Waals surface area contributed by atoms with Crippen molar-refractivity contribution in [1.82, 2.24) is 9.80 Å². The Bertz CT molecular complexity index is 147. The highest BCUT2D eigenvalue weighted by Gasteiger charge is 2.17. The minimum atomic E-state index is 0.800. The molecule has 1 atom stereocenters. The van der Waals surface area contributed by atoms with Crippen molar-refractivity contribution in [1.29, 1.82) is 0 Å². The average molecular weight is 199 g/mol. The Hall–Kier alpha value is -0.120. The SMILES string of the molecule is CN(C)CC1CCCCN(CCN)C1. The third-order valence-corrected chi connectivity index (χ3v) is 2.92. The zero-order valence-electron chi connectivity index (χ0n) is 9.71. The largest absolute Gasteiger partial charge is 0.329 e. The molecule has 0 radical (unpaired) electrons. The van der Waals surface area contributed by atoms with E-state index in [9.17, 15) is 0 Å². The van der Waals surface area contributed by atoms with Crippen LogP contribution in [0.1, 0.15) is 19.3 Å². The molecule has 1 heterocycles. The van der Waals surface area contributed by atoms with Crippen LogP contribution in [0.5, 0.6) is 0 Å². The normalized spacial score (nSPS) is 25.3. The molecule has 3 heteroatoms. The van der Waals surface area contributed by atoms with E-state index in [0.29, 0.717) is 0 Å². The first-order valence-electron chi connectivity index (χ1n) is 5.79. The Morgan fingerprint density at radius 3 is 2.79 bits per heavy atom. The van der Waals surface area contributed by atoms with Crippen LogP contribution in [0.2, 0.25) is 0 Å². The molecule has 0 aromatic heterocycles. The van der Waals surface area contributed by atoms with E-state index in [1.165, 1.54) is 38.9 Å². The summed E-state index contributed by atoms with van der Waals surface area (Å²) < 4.78 is 0. The first-order valence-corrected chi connectivity index (χ1v) is 5.79. The zero-order chi connectivity index (χ0) is 10.4. The van der Waals surface area contributed by atoms with Crippen LogP contribution in [0.4, 0.5) is 0 Å². The maximum Gasteiger partial charge on any atom is 0.0105 e. The molecule has 0 bridgehead atoms. The van der Waals surface area contributed by atoms with Crippen LogP contribution in [-0.2, 0) is 0 Å². The summed E-state index contributed by atoms with van der Waals surface area (Å²) in [4.78, 5) is 4.83. The van der Waals surface area contributed by atoms with Gasteiger partial charge in [-0.25, -0.2) is 0 Å². The Kier molecular flexibility index (Phi) is 5.45. The first-order chi connectivity index (χ1) is 6.72. The summed E-state index contributed by atoms with van der Waals surface area (Å²) in [6.07, 6.45) is 4.13. The number of hydrogen-bond acceptors (Lipinski definition) is 3. The maximum absolute atomic E-state index is 5.60. The molecule has 0 spiro atoms. The highest BCUT2D eigenvalue weighted by Crippen LogP contribution is 2.16. The maximum atomic E-state index is 5.60. The Balaban J connectivity index is 2.34. The van der Waals surface area contributed by atoms with Gasteiger partial charge in [-0.3, -0.25) is 0 Å². The molecular formula is C11H25N3. The monoisotopic (exact) mass is 199 g/mol. The molecule has 0 aliphatic carbocycles. The second-order valence-electron chi connectivity index (χ2n) is 4.71. The zero-order valence-corrected chi connectivity index (χ0v) is 9.71. The number of rotatable bonds is 4. The molecule has 0 amide bonds. The van der Waals surface area contributed by atoms with Crippen LogP contribution >= 0.6 is 0 Å². The van der Waals surface area contributed by atoms with Gasteiger partial charge in [0, 0.05) is 26.2 Å². The van der Waals surface area contributed by atoms with Gasteiger partial charge >= 0.3 is 0 Å². The second kappa shape index (κ2) is 6.38. The summed E-state index contributed by atoms with van der Waals surface area (Å²) in [5.41, 5.74) is 5.60. The van der Waals surface area contributed by atoms with E-state index >= 15 is 0 Å². The molecule has 0 aromatic carbocycles. The minimum absolute atomic E-state index is 0.800. The Morgan fingerprint density at radius 1 is 1.36 bits per heavy atom. The van der Waals surface area contributed by atoms with E-state index in [1.807, 2.05) is 0 Å². The van der Waals surface area contributed by atoms with E-state index in [-0.39, 0.29) is 0 Å².